The molecule has 0 aliphatic carbocycles. The van der Waals surface area contributed by atoms with E-state index in [9.17, 15) is 0 Å². The summed E-state index contributed by atoms with van der Waals surface area (Å²) in [5.74, 6) is 0.642. The molecule has 0 aromatic carbocycles. The molecule has 6 heteroatoms. The fourth-order valence-corrected chi connectivity index (χ4v) is 3.04. The second-order valence-electron chi connectivity index (χ2n) is 3.45. The molecule has 3 nitrogen and oxygen atoms in total. The molecule has 0 N–H and O–H groups in total. The molecule has 2 aromatic heterocycles. The van der Waals surface area contributed by atoms with Gasteiger partial charge in [-0.3, -0.25) is 0 Å². The Labute approximate surface area is 117 Å². The fraction of sp³-hybridized carbons (Fsp3) is 0.273. The molecule has 90 valence electrons. The Hall–Kier alpha value is -0.490. The topological polar surface area (TPSA) is 35.0 Å². The van der Waals surface area contributed by atoms with E-state index in [0.29, 0.717) is 17.6 Å². The Balaban J connectivity index is 2.44. The molecule has 2 aromatic rings. The summed E-state index contributed by atoms with van der Waals surface area (Å²) in [7, 11) is 1.63. The van der Waals surface area contributed by atoms with Gasteiger partial charge in [0.25, 0.3) is 0 Å². The lowest BCUT2D eigenvalue weighted by Gasteiger charge is -2.02. The maximum absolute atomic E-state index is 5.97. The van der Waals surface area contributed by atoms with Crippen molar-refractivity contribution in [1.82, 2.24) is 9.97 Å². The number of aromatic nitrogens is 2. The third-order valence-electron chi connectivity index (χ3n) is 2.12. The quantitative estimate of drug-likeness (QED) is 0.794. The van der Waals surface area contributed by atoms with Crippen molar-refractivity contribution in [1.29, 1.82) is 0 Å². The smallest absolute Gasteiger partial charge is 0.171 e. The van der Waals surface area contributed by atoms with Crippen LogP contribution in [0.25, 0.3) is 10.7 Å². The molecule has 0 fully saturated rings. The van der Waals surface area contributed by atoms with Gasteiger partial charge in [0.2, 0.25) is 0 Å². The molecule has 17 heavy (non-hydrogen) atoms. The summed E-state index contributed by atoms with van der Waals surface area (Å²) in [5.41, 5.74) is 0.782. The number of hydrogen-bond donors (Lipinski definition) is 0. The van der Waals surface area contributed by atoms with E-state index in [0.717, 1.165) is 15.0 Å². The minimum absolute atomic E-state index is 0.431. The highest BCUT2D eigenvalue weighted by Gasteiger charge is 2.10. The van der Waals surface area contributed by atoms with Crippen molar-refractivity contribution in [3.05, 3.63) is 32.3 Å². The van der Waals surface area contributed by atoms with Crippen LogP contribution in [-0.4, -0.2) is 17.1 Å². The summed E-state index contributed by atoms with van der Waals surface area (Å²) in [5, 5.41) is 0.434. The van der Waals surface area contributed by atoms with E-state index < -0.39 is 0 Å². The van der Waals surface area contributed by atoms with Crippen molar-refractivity contribution < 1.29 is 4.74 Å². The van der Waals surface area contributed by atoms with Gasteiger partial charge in [-0.25, -0.2) is 9.97 Å². The first-order valence-electron chi connectivity index (χ1n) is 4.89. The lowest BCUT2D eigenvalue weighted by molar-refractivity contribution is 0.181. The van der Waals surface area contributed by atoms with Crippen molar-refractivity contribution >= 4 is 38.9 Å². The van der Waals surface area contributed by atoms with Crippen LogP contribution in [0.4, 0.5) is 0 Å². The number of nitrogens with zero attached hydrogens (tertiary/aromatic N) is 2. The van der Waals surface area contributed by atoms with Crippen molar-refractivity contribution in [2.24, 2.45) is 0 Å². The van der Waals surface area contributed by atoms with Gasteiger partial charge in [0.05, 0.1) is 17.2 Å². The van der Waals surface area contributed by atoms with Crippen LogP contribution in [-0.2, 0) is 11.3 Å². The molecule has 2 rings (SSSR count). The highest BCUT2D eigenvalue weighted by atomic mass is 79.9. The van der Waals surface area contributed by atoms with Gasteiger partial charge in [-0.1, -0.05) is 11.6 Å². The minimum atomic E-state index is 0.431. The third-order valence-corrected chi connectivity index (χ3v) is 4.44. The number of methoxy groups -OCH3 is 1. The van der Waals surface area contributed by atoms with E-state index in [1.165, 1.54) is 4.88 Å². The molecule has 0 amide bonds. The van der Waals surface area contributed by atoms with Crippen LogP contribution < -0.4 is 0 Å². The van der Waals surface area contributed by atoms with Gasteiger partial charge < -0.3 is 4.74 Å². The van der Waals surface area contributed by atoms with Gasteiger partial charge in [0.15, 0.2) is 5.82 Å². The number of halogens is 2. The zero-order chi connectivity index (χ0) is 12.4. The standard InChI is InChI=1S/C11H10BrClN2OS/c1-6-8(12)4-9(17-6)11-14-7(5-16-2)3-10(13)15-11/h3-4H,5H2,1-2H3. The van der Waals surface area contributed by atoms with Crippen LogP contribution >= 0.6 is 38.9 Å². The summed E-state index contributed by atoms with van der Waals surface area (Å²) in [6.45, 7) is 2.47. The zero-order valence-corrected chi connectivity index (χ0v) is 12.5. The molecule has 0 radical (unpaired) electrons. The average molecular weight is 334 g/mol. The number of aryl methyl sites for hydroxylation is 1. The SMILES string of the molecule is COCc1cc(Cl)nc(-c2cc(Br)c(C)s2)n1. The number of ether oxygens (including phenoxy) is 1. The lowest BCUT2D eigenvalue weighted by atomic mass is 10.3. The molecule has 0 aliphatic rings. The van der Waals surface area contributed by atoms with E-state index in [1.54, 1.807) is 24.5 Å². The van der Waals surface area contributed by atoms with Crippen LogP contribution in [0.3, 0.4) is 0 Å². The first-order chi connectivity index (χ1) is 8.10. The largest absolute Gasteiger partial charge is 0.378 e. The first kappa shape index (κ1) is 13.0. The van der Waals surface area contributed by atoms with E-state index in [-0.39, 0.29) is 0 Å². The van der Waals surface area contributed by atoms with Crippen molar-refractivity contribution in [2.45, 2.75) is 13.5 Å². The van der Waals surface area contributed by atoms with Crippen LogP contribution in [0.15, 0.2) is 16.6 Å². The number of rotatable bonds is 3. The molecule has 0 bridgehead atoms. The molecule has 0 atom stereocenters. The fourth-order valence-electron chi connectivity index (χ4n) is 1.37. The van der Waals surface area contributed by atoms with Gasteiger partial charge in [-0.2, -0.15) is 0 Å². The lowest BCUT2D eigenvalue weighted by Crippen LogP contribution is -1.96. The van der Waals surface area contributed by atoms with Crippen LogP contribution in [0.2, 0.25) is 5.15 Å². The Morgan fingerprint density at radius 2 is 2.18 bits per heavy atom. The molecule has 0 saturated heterocycles. The van der Waals surface area contributed by atoms with Crippen molar-refractivity contribution in [2.75, 3.05) is 7.11 Å². The summed E-state index contributed by atoms with van der Waals surface area (Å²) in [6.07, 6.45) is 0. The van der Waals surface area contributed by atoms with E-state index >= 15 is 0 Å². The van der Waals surface area contributed by atoms with Gasteiger partial charge in [-0.05, 0) is 35.0 Å². The second-order valence-corrected chi connectivity index (χ2v) is 5.95. The molecule has 0 unspecified atom stereocenters. The van der Waals surface area contributed by atoms with Gasteiger partial charge in [-0.15, -0.1) is 11.3 Å². The van der Waals surface area contributed by atoms with E-state index in [1.807, 2.05) is 13.0 Å². The third kappa shape index (κ3) is 3.04. The molecular formula is C11H10BrClN2OS. The van der Waals surface area contributed by atoms with Gasteiger partial charge >= 0.3 is 0 Å². The first-order valence-corrected chi connectivity index (χ1v) is 6.87. The summed E-state index contributed by atoms with van der Waals surface area (Å²) < 4.78 is 6.11. The number of thiophene rings is 1. The van der Waals surface area contributed by atoms with E-state index in [4.69, 9.17) is 16.3 Å². The Morgan fingerprint density at radius 3 is 2.76 bits per heavy atom. The average Bonchev–Trinajstić information content (AvgIpc) is 2.59. The maximum atomic E-state index is 5.97. The minimum Gasteiger partial charge on any atom is -0.378 e. The summed E-state index contributed by atoms with van der Waals surface area (Å²) >= 11 is 11.1. The molecule has 0 spiro atoms. The summed E-state index contributed by atoms with van der Waals surface area (Å²) in [4.78, 5) is 10.8. The highest BCUT2D eigenvalue weighted by molar-refractivity contribution is 9.10. The molecule has 0 saturated carbocycles. The van der Waals surface area contributed by atoms with Crippen molar-refractivity contribution in [3.8, 4) is 10.7 Å². The summed E-state index contributed by atoms with van der Waals surface area (Å²) in [6, 6.07) is 3.71. The number of hydrogen-bond acceptors (Lipinski definition) is 4. The van der Waals surface area contributed by atoms with Gasteiger partial charge in [0.1, 0.15) is 5.15 Å². The molecular weight excluding hydrogens is 324 g/mol. The predicted molar refractivity (Wildman–Crippen MR) is 73.5 cm³/mol. The Bertz CT molecular complexity index is 525. The molecule has 2 heterocycles. The predicted octanol–water partition coefficient (Wildman–Crippen LogP) is 4.08. The zero-order valence-electron chi connectivity index (χ0n) is 9.33. The van der Waals surface area contributed by atoms with Crippen LogP contribution in [0.5, 0.6) is 0 Å². The second kappa shape index (κ2) is 5.44. The highest BCUT2D eigenvalue weighted by Crippen LogP contribution is 2.32. The van der Waals surface area contributed by atoms with E-state index in [2.05, 4.69) is 25.9 Å². The normalized spacial score (nSPS) is 10.8. The van der Waals surface area contributed by atoms with Crippen molar-refractivity contribution in [3.63, 3.8) is 0 Å². The van der Waals surface area contributed by atoms with Gasteiger partial charge in [0, 0.05) is 16.5 Å². The molecule has 0 aliphatic heterocycles. The Morgan fingerprint density at radius 1 is 1.41 bits per heavy atom. The Kier molecular flexibility index (Phi) is 4.14. The monoisotopic (exact) mass is 332 g/mol. The van der Waals surface area contributed by atoms with Crippen LogP contribution in [0.1, 0.15) is 10.6 Å². The maximum Gasteiger partial charge on any atom is 0.171 e. The van der Waals surface area contributed by atoms with Crippen LogP contribution in [0, 0.1) is 6.92 Å².